The molecule has 19 heavy (non-hydrogen) atoms. The second-order valence-corrected chi connectivity index (χ2v) is 5.34. The summed E-state index contributed by atoms with van der Waals surface area (Å²) in [6.07, 6.45) is 0.616. The van der Waals surface area contributed by atoms with E-state index in [1.54, 1.807) is 0 Å². The number of rotatable bonds is 4. The van der Waals surface area contributed by atoms with Gasteiger partial charge in [-0.15, -0.1) is 0 Å². The molecule has 0 nitrogen and oxygen atoms in total. The van der Waals surface area contributed by atoms with Gasteiger partial charge in [0.15, 0.2) is 0 Å². The lowest BCUT2D eigenvalue weighted by atomic mass is 9.91. The molecule has 0 fully saturated rings. The second-order valence-electron chi connectivity index (χ2n) is 4.69. The molecule has 2 rings (SSSR count). The van der Waals surface area contributed by atoms with Crippen LogP contribution < -0.4 is 0 Å². The fourth-order valence-electron chi connectivity index (χ4n) is 2.31. The van der Waals surface area contributed by atoms with Crippen LogP contribution in [-0.2, 0) is 6.42 Å². The number of halogens is 3. The molecule has 3 heteroatoms. The molecule has 0 aliphatic carbocycles. The van der Waals surface area contributed by atoms with E-state index < -0.39 is 11.6 Å². The summed E-state index contributed by atoms with van der Waals surface area (Å²) in [6, 6.07) is 11.8. The minimum Gasteiger partial charge on any atom is -0.207 e. The maximum absolute atomic E-state index is 13.2. The molecule has 2 aromatic carbocycles. The van der Waals surface area contributed by atoms with Crippen molar-refractivity contribution < 1.29 is 8.78 Å². The van der Waals surface area contributed by atoms with Gasteiger partial charge in [-0.1, -0.05) is 40.2 Å². The van der Waals surface area contributed by atoms with Gasteiger partial charge in [-0.25, -0.2) is 8.78 Å². The van der Waals surface area contributed by atoms with Crippen molar-refractivity contribution in [1.82, 2.24) is 0 Å². The van der Waals surface area contributed by atoms with E-state index in [9.17, 15) is 8.78 Å². The van der Waals surface area contributed by atoms with Crippen molar-refractivity contribution in [3.63, 3.8) is 0 Å². The first kappa shape index (κ1) is 14.2. The monoisotopic (exact) mass is 324 g/mol. The Labute approximate surface area is 120 Å². The summed E-state index contributed by atoms with van der Waals surface area (Å²) in [5.41, 5.74) is 3.10. The summed E-state index contributed by atoms with van der Waals surface area (Å²) in [5, 5.41) is 0.760. The van der Waals surface area contributed by atoms with Crippen molar-refractivity contribution in [3.8, 4) is 0 Å². The van der Waals surface area contributed by atoms with E-state index in [2.05, 4.69) is 35.0 Å². The Morgan fingerprint density at radius 2 is 1.68 bits per heavy atom. The topological polar surface area (TPSA) is 0 Å². The normalized spacial score (nSPS) is 12.4. The Hall–Kier alpha value is -1.22. The van der Waals surface area contributed by atoms with Crippen LogP contribution >= 0.6 is 15.9 Å². The fraction of sp³-hybridized carbons (Fsp3) is 0.250. The Bertz CT molecular complexity index is 546. The zero-order chi connectivity index (χ0) is 13.8. The van der Waals surface area contributed by atoms with Crippen LogP contribution in [0, 0.1) is 18.6 Å². The van der Waals surface area contributed by atoms with Crippen LogP contribution in [0.3, 0.4) is 0 Å². The van der Waals surface area contributed by atoms with E-state index in [4.69, 9.17) is 0 Å². The smallest absolute Gasteiger partial charge is 0.126 e. The van der Waals surface area contributed by atoms with Crippen LogP contribution in [0.2, 0.25) is 0 Å². The van der Waals surface area contributed by atoms with Crippen LogP contribution in [0.15, 0.2) is 42.5 Å². The largest absolute Gasteiger partial charge is 0.207 e. The first-order valence-electron chi connectivity index (χ1n) is 6.16. The average Bonchev–Trinajstić information content (AvgIpc) is 2.36. The van der Waals surface area contributed by atoms with E-state index >= 15 is 0 Å². The van der Waals surface area contributed by atoms with Gasteiger partial charge in [0.2, 0.25) is 0 Å². The van der Waals surface area contributed by atoms with Crippen LogP contribution in [0.4, 0.5) is 8.78 Å². The summed E-state index contributed by atoms with van der Waals surface area (Å²) >= 11 is 3.49. The zero-order valence-corrected chi connectivity index (χ0v) is 12.3. The van der Waals surface area contributed by atoms with E-state index in [0.717, 1.165) is 11.4 Å². The third kappa shape index (κ3) is 3.63. The minimum atomic E-state index is -0.520. The van der Waals surface area contributed by atoms with Crippen LogP contribution in [-0.4, -0.2) is 5.33 Å². The summed E-state index contributed by atoms with van der Waals surface area (Å²) < 4.78 is 26.4. The molecule has 0 saturated carbocycles. The summed E-state index contributed by atoms with van der Waals surface area (Å²) in [6.45, 7) is 2.05. The molecule has 0 bridgehead atoms. The molecule has 0 saturated heterocycles. The van der Waals surface area contributed by atoms with E-state index in [-0.39, 0.29) is 5.92 Å². The van der Waals surface area contributed by atoms with Gasteiger partial charge in [-0.3, -0.25) is 0 Å². The third-order valence-corrected chi connectivity index (χ3v) is 4.00. The highest BCUT2D eigenvalue weighted by Crippen LogP contribution is 2.26. The first-order valence-corrected chi connectivity index (χ1v) is 7.28. The summed E-state index contributed by atoms with van der Waals surface area (Å²) in [7, 11) is 0. The molecule has 0 amide bonds. The molecular weight excluding hydrogens is 310 g/mol. The number of hydrogen-bond donors (Lipinski definition) is 0. The van der Waals surface area contributed by atoms with Gasteiger partial charge < -0.3 is 0 Å². The number of hydrogen-bond acceptors (Lipinski definition) is 0. The van der Waals surface area contributed by atoms with Gasteiger partial charge in [-0.05, 0) is 48.1 Å². The Morgan fingerprint density at radius 1 is 1.05 bits per heavy atom. The molecule has 0 aliphatic heterocycles. The van der Waals surface area contributed by atoms with Crippen LogP contribution in [0.1, 0.15) is 22.6 Å². The van der Waals surface area contributed by atoms with Crippen molar-refractivity contribution in [2.45, 2.75) is 19.3 Å². The zero-order valence-electron chi connectivity index (χ0n) is 10.7. The molecule has 0 N–H and O–H groups in total. The predicted molar refractivity (Wildman–Crippen MR) is 77.8 cm³/mol. The lowest BCUT2D eigenvalue weighted by Crippen LogP contribution is -2.07. The van der Waals surface area contributed by atoms with Crippen molar-refractivity contribution in [2.75, 3.05) is 5.33 Å². The van der Waals surface area contributed by atoms with Gasteiger partial charge in [0.25, 0.3) is 0 Å². The van der Waals surface area contributed by atoms with Crippen molar-refractivity contribution in [1.29, 1.82) is 0 Å². The predicted octanol–water partition coefficient (Wildman–Crippen LogP) is 4.99. The van der Waals surface area contributed by atoms with E-state index in [1.165, 1.54) is 23.3 Å². The SMILES string of the molecule is Cc1ccccc1C(CBr)Cc1cc(F)cc(F)c1. The minimum absolute atomic E-state index is 0.211. The van der Waals surface area contributed by atoms with Gasteiger partial charge in [0.1, 0.15) is 11.6 Å². The summed E-state index contributed by atoms with van der Waals surface area (Å²) in [5.74, 6) is -0.830. The molecule has 0 spiro atoms. The number of alkyl halides is 1. The van der Waals surface area contributed by atoms with Gasteiger partial charge >= 0.3 is 0 Å². The Kier molecular flexibility index (Phi) is 4.70. The van der Waals surface area contributed by atoms with Gasteiger partial charge in [0, 0.05) is 11.4 Å². The molecule has 0 aliphatic rings. The number of benzene rings is 2. The van der Waals surface area contributed by atoms with E-state index in [1.807, 2.05) is 12.1 Å². The molecular formula is C16H15BrF2. The van der Waals surface area contributed by atoms with Gasteiger partial charge in [-0.2, -0.15) is 0 Å². The molecule has 100 valence electrons. The quantitative estimate of drug-likeness (QED) is 0.695. The molecule has 2 aromatic rings. The molecule has 0 heterocycles. The second kappa shape index (κ2) is 6.29. The average molecular weight is 325 g/mol. The highest BCUT2D eigenvalue weighted by atomic mass is 79.9. The van der Waals surface area contributed by atoms with Crippen molar-refractivity contribution >= 4 is 15.9 Å². The van der Waals surface area contributed by atoms with Crippen molar-refractivity contribution in [3.05, 3.63) is 70.8 Å². The fourth-order valence-corrected chi connectivity index (χ4v) is 2.88. The molecule has 0 radical (unpaired) electrons. The Balaban J connectivity index is 2.26. The standard InChI is InChI=1S/C16H15BrF2/c1-11-4-2-3-5-16(11)13(10-17)6-12-7-14(18)9-15(19)8-12/h2-5,7-9,13H,6,10H2,1H3. The highest BCUT2D eigenvalue weighted by molar-refractivity contribution is 9.09. The Morgan fingerprint density at radius 3 is 2.26 bits per heavy atom. The van der Waals surface area contributed by atoms with E-state index in [0.29, 0.717) is 12.0 Å². The third-order valence-electron chi connectivity index (χ3n) is 3.22. The van der Waals surface area contributed by atoms with Crippen LogP contribution in [0.5, 0.6) is 0 Å². The first-order chi connectivity index (χ1) is 9.10. The number of aryl methyl sites for hydroxylation is 1. The summed E-state index contributed by atoms with van der Waals surface area (Å²) in [4.78, 5) is 0. The molecule has 0 aromatic heterocycles. The van der Waals surface area contributed by atoms with Crippen LogP contribution in [0.25, 0.3) is 0 Å². The molecule has 1 unspecified atom stereocenters. The maximum Gasteiger partial charge on any atom is 0.126 e. The lowest BCUT2D eigenvalue weighted by molar-refractivity contribution is 0.577. The maximum atomic E-state index is 13.2. The molecule has 1 atom stereocenters. The van der Waals surface area contributed by atoms with Crippen molar-refractivity contribution in [2.24, 2.45) is 0 Å². The van der Waals surface area contributed by atoms with Gasteiger partial charge in [0.05, 0.1) is 0 Å². The lowest BCUT2D eigenvalue weighted by Gasteiger charge is -2.17. The highest BCUT2D eigenvalue weighted by Gasteiger charge is 2.14.